The van der Waals surface area contributed by atoms with Gasteiger partial charge in [-0.3, -0.25) is 0 Å². The minimum absolute atomic E-state index is 0.0347. The zero-order valence-electron chi connectivity index (χ0n) is 12.4. The van der Waals surface area contributed by atoms with E-state index in [-0.39, 0.29) is 23.7 Å². The molecule has 0 aromatic heterocycles. The molecule has 2 atom stereocenters. The molecule has 0 saturated heterocycles. The molecule has 0 aliphatic carbocycles. The Balaban J connectivity index is 2.12. The van der Waals surface area contributed by atoms with Crippen LogP contribution in [0.4, 0.5) is 4.39 Å². The van der Waals surface area contributed by atoms with Gasteiger partial charge in [0.25, 0.3) is 0 Å². The van der Waals surface area contributed by atoms with Crippen molar-refractivity contribution >= 4 is 15.9 Å². The fourth-order valence-corrected chi connectivity index (χ4v) is 2.97. The zero-order valence-corrected chi connectivity index (χ0v) is 13.9. The number of methoxy groups -OCH3 is 1. The Kier molecular flexibility index (Phi) is 5.37. The Morgan fingerprint density at radius 2 is 1.81 bits per heavy atom. The number of nitrogens with one attached hydrogen (secondary N) is 1. The van der Waals surface area contributed by atoms with Crippen molar-refractivity contribution in [1.29, 1.82) is 0 Å². The van der Waals surface area contributed by atoms with Gasteiger partial charge in [-0.1, -0.05) is 40.2 Å². The van der Waals surface area contributed by atoms with Crippen molar-refractivity contribution in [3.63, 3.8) is 0 Å². The van der Waals surface area contributed by atoms with E-state index in [1.807, 2.05) is 31.2 Å². The lowest BCUT2D eigenvalue weighted by Gasteiger charge is -2.22. The van der Waals surface area contributed by atoms with Crippen molar-refractivity contribution in [2.75, 3.05) is 7.11 Å². The molecule has 2 aromatic carbocycles. The summed E-state index contributed by atoms with van der Waals surface area (Å²) in [6, 6.07) is 13.3. The first-order valence-corrected chi connectivity index (χ1v) is 7.66. The molecule has 2 aromatic rings. The van der Waals surface area contributed by atoms with Crippen LogP contribution < -0.4 is 10.1 Å². The molecule has 2 rings (SSSR count). The molecule has 0 heterocycles. The van der Waals surface area contributed by atoms with Crippen LogP contribution in [0.15, 0.2) is 46.9 Å². The summed E-state index contributed by atoms with van der Waals surface area (Å²) in [5, 5.41) is 3.48. The van der Waals surface area contributed by atoms with Gasteiger partial charge in [-0.05, 0) is 43.2 Å². The minimum atomic E-state index is -0.336. The normalized spacial score (nSPS) is 13.8. The second-order valence-corrected chi connectivity index (χ2v) is 5.88. The van der Waals surface area contributed by atoms with Gasteiger partial charge >= 0.3 is 0 Å². The van der Waals surface area contributed by atoms with Crippen LogP contribution in [0.3, 0.4) is 0 Å². The molecule has 0 fully saturated rings. The smallest absolute Gasteiger partial charge is 0.165 e. The molecule has 1 unspecified atom stereocenters. The molecule has 0 bridgehead atoms. The fraction of sp³-hybridized carbons (Fsp3) is 0.294. The van der Waals surface area contributed by atoms with Crippen LogP contribution in [-0.4, -0.2) is 7.11 Å². The number of halogens is 2. The molecule has 0 amide bonds. The molecule has 112 valence electrons. The topological polar surface area (TPSA) is 21.3 Å². The van der Waals surface area contributed by atoms with E-state index in [9.17, 15) is 4.39 Å². The van der Waals surface area contributed by atoms with Crippen LogP contribution in [0.1, 0.15) is 37.1 Å². The lowest BCUT2D eigenvalue weighted by atomic mass is 10.0. The molecule has 2 nitrogen and oxygen atoms in total. The highest BCUT2D eigenvalue weighted by atomic mass is 79.9. The first-order chi connectivity index (χ1) is 10.0. The van der Waals surface area contributed by atoms with Crippen molar-refractivity contribution in [3.8, 4) is 5.75 Å². The largest absolute Gasteiger partial charge is 0.494 e. The molecule has 0 aliphatic heterocycles. The fourth-order valence-electron chi connectivity index (χ4n) is 2.34. The van der Waals surface area contributed by atoms with Crippen LogP contribution in [-0.2, 0) is 0 Å². The number of benzene rings is 2. The molecule has 0 saturated carbocycles. The Hall–Kier alpha value is -1.39. The average Bonchev–Trinajstić information content (AvgIpc) is 2.47. The Morgan fingerprint density at radius 1 is 1.10 bits per heavy atom. The van der Waals surface area contributed by atoms with Gasteiger partial charge in [0.15, 0.2) is 11.6 Å². The van der Waals surface area contributed by atoms with E-state index in [2.05, 4.69) is 34.2 Å². The number of hydrogen-bond donors (Lipinski definition) is 1. The maximum atomic E-state index is 13.8. The number of rotatable bonds is 5. The molecule has 4 heteroatoms. The van der Waals surface area contributed by atoms with Gasteiger partial charge in [-0.15, -0.1) is 0 Å². The van der Waals surface area contributed by atoms with Crippen LogP contribution in [0, 0.1) is 5.82 Å². The average molecular weight is 352 g/mol. The van der Waals surface area contributed by atoms with Crippen molar-refractivity contribution in [2.45, 2.75) is 25.9 Å². The monoisotopic (exact) mass is 351 g/mol. The highest BCUT2D eigenvalue weighted by Crippen LogP contribution is 2.27. The predicted molar refractivity (Wildman–Crippen MR) is 87.1 cm³/mol. The second kappa shape index (κ2) is 7.05. The number of ether oxygens (including phenoxy) is 1. The molecular formula is C17H19BrFNO. The Labute approximate surface area is 133 Å². The van der Waals surface area contributed by atoms with Crippen LogP contribution in [0.25, 0.3) is 0 Å². The third-order valence-electron chi connectivity index (χ3n) is 3.55. The zero-order chi connectivity index (χ0) is 15.4. The van der Waals surface area contributed by atoms with Gasteiger partial charge in [-0.25, -0.2) is 4.39 Å². The van der Waals surface area contributed by atoms with Gasteiger partial charge in [0.2, 0.25) is 0 Å². The standard InChI is InChI=1S/C17H19BrFNO/c1-11(13-8-9-17(21-3)16(19)10-13)20-12(2)14-6-4-5-7-15(14)18/h4-12,20H,1-3H3/t11?,12-/m0/s1. The molecular weight excluding hydrogens is 333 g/mol. The Bertz CT molecular complexity index is 617. The van der Waals surface area contributed by atoms with Gasteiger partial charge in [-0.2, -0.15) is 0 Å². The molecule has 0 aliphatic rings. The van der Waals surface area contributed by atoms with Gasteiger partial charge < -0.3 is 10.1 Å². The van der Waals surface area contributed by atoms with Crippen LogP contribution in [0.5, 0.6) is 5.75 Å². The highest BCUT2D eigenvalue weighted by molar-refractivity contribution is 9.10. The SMILES string of the molecule is COc1ccc(C(C)N[C@@H](C)c2ccccc2Br)cc1F. The quantitative estimate of drug-likeness (QED) is 0.817. The lowest BCUT2D eigenvalue weighted by Crippen LogP contribution is -2.22. The first kappa shape index (κ1) is 16.0. The Morgan fingerprint density at radius 3 is 2.43 bits per heavy atom. The third kappa shape index (κ3) is 3.83. The van der Waals surface area contributed by atoms with E-state index in [0.717, 1.165) is 10.0 Å². The summed E-state index contributed by atoms with van der Waals surface area (Å²) in [4.78, 5) is 0. The minimum Gasteiger partial charge on any atom is -0.494 e. The summed E-state index contributed by atoms with van der Waals surface area (Å²) < 4.78 is 19.8. The van der Waals surface area contributed by atoms with E-state index >= 15 is 0 Å². The number of hydrogen-bond acceptors (Lipinski definition) is 2. The lowest BCUT2D eigenvalue weighted by molar-refractivity contribution is 0.385. The maximum Gasteiger partial charge on any atom is 0.165 e. The van der Waals surface area contributed by atoms with Crippen molar-refractivity contribution in [3.05, 3.63) is 63.9 Å². The van der Waals surface area contributed by atoms with Gasteiger partial charge in [0.1, 0.15) is 0 Å². The summed E-state index contributed by atoms with van der Waals surface area (Å²) in [5.41, 5.74) is 2.07. The van der Waals surface area contributed by atoms with E-state index in [1.54, 1.807) is 6.07 Å². The summed E-state index contributed by atoms with van der Waals surface area (Å²) in [5.74, 6) is -0.0676. The second-order valence-electron chi connectivity index (χ2n) is 5.03. The highest BCUT2D eigenvalue weighted by Gasteiger charge is 2.14. The molecule has 0 radical (unpaired) electrons. The summed E-state index contributed by atoms with van der Waals surface area (Å²) in [6.45, 7) is 4.12. The van der Waals surface area contributed by atoms with E-state index in [1.165, 1.54) is 18.7 Å². The predicted octanol–water partition coefficient (Wildman–Crippen LogP) is 5.01. The summed E-state index contributed by atoms with van der Waals surface area (Å²) in [7, 11) is 1.47. The first-order valence-electron chi connectivity index (χ1n) is 6.87. The van der Waals surface area contributed by atoms with Crippen molar-refractivity contribution in [1.82, 2.24) is 5.32 Å². The van der Waals surface area contributed by atoms with Crippen molar-refractivity contribution in [2.24, 2.45) is 0 Å². The van der Waals surface area contributed by atoms with Crippen molar-refractivity contribution < 1.29 is 9.13 Å². The maximum absolute atomic E-state index is 13.8. The van der Waals surface area contributed by atoms with Crippen LogP contribution in [0.2, 0.25) is 0 Å². The van der Waals surface area contributed by atoms with Gasteiger partial charge in [0, 0.05) is 16.6 Å². The van der Waals surface area contributed by atoms with E-state index in [0.29, 0.717) is 0 Å². The molecule has 0 spiro atoms. The molecule has 1 N–H and O–H groups in total. The third-order valence-corrected chi connectivity index (χ3v) is 4.27. The van der Waals surface area contributed by atoms with Crippen LogP contribution >= 0.6 is 15.9 Å². The van der Waals surface area contributed by atoms with E-state index in [4.69, 9.17) is 4.74 Å². The van der Waals surface area contributed by atoms with Gasteiger partial charge in [0.05, 0.1) is 7.11 Å². The summed E-state index contributed by atoms with van der Waals surface area (Å²) >= 11 is 3.56. The van der Waals surface area contributed by atoms with E-state index < -0.39 is 0 Å². The summed E-state index contributed by atoms with van der Waals surface area (Å²) in [6.07, 6.45) is 0. The molecule has 21 heavy (non-hydrogen) atoms.